The topological polar surface area (TPSA) is 72.9 Å². The van der Waals surface area contributed by atoms with Gasteiger partial charge in [-0.2, -0.15) is 0 Å². The van der Waals surface area contributed by atoms with Crippen LogP contribution in [0.15, 0.2) is 30.6 Å². The van der Waals surface area contributed by atoms with Crippen molar-refractivity contribution in [1.82, 2.24) is 9.55 Å². The second-order valence-corrected chi connectivity index (χ2v) is 4.84. The molecule has 0 saturated carbocycles. The summed E-state index contributed by atoms with van der Waals surface area (Å²) in [7, 11) is 0. The van der Waals surface area contributed by atoms with E-state index in [4.69, 9.17) is 5.73 Å². The maximum Gasteiger partial charge on any atom is 0.224 e. The number of hydrogen-bond donors (Lipinski definition) is 2. The monoisotopic (exact) mass is 272 g/mol. The van der Waals surface area contributed by atoms with E-state index < -0.39 is 0 Å². The molecule has 0 fully saturated rings. The van der Waals surface area contributed by atoms with Gasteiger partial charge in [-0.3, -0.25) is 4.79 Å². The summed E-state index contributed by atoms with van der Waals surface area (Å²) in [5.74, 6) is 0.980. The molecule has 0 aliphatic rings. The second kappa shape index (κ2) is 6.23. The number of hydrogen-bond acceptors (Lipinski definition) is 3. The molecule has 0 aliphatic carbocycles. The number of rotatable bonds is 5. The van der Waals surface area contributed by atoms with Gasteiger partial charge in [-0.25, -0.2) is 4.98 Å². The smallest absolute Gasteiger partial charge is 0.224 e. The van der Waals surface area contributed by atoms with E-state index >= 15 is 0 Å². The van der Waals surface area contributed by atoms with Gasteiger partial charge in [0.15, 0.2) is 0 Å². The largest absolute Gasteiger partial charge is 0.398 e. The van der Waals surface area contributed by atoms with E-state index in [1.54, 1.807) is 6.20 Å². The summed E-state index contributed by atoms with van der Waals surface area (Å²) in [5.41, 5.74) is 8.20. The van der Waals surface area contributed by atoms with E-state index in [0.29, 0.717) is 12.1 Å². The maximum atomic E-state index is 11.9. The third-order valence-electron chi connectivity index (χ3n) is 3.38. The van der Waals surface area contributed by atoms with Gasteiger partial charge in [-0.05, 0) is 38.0 Å². The summed E-state index contributed by atoms with van der Waals surface area (Å²) in [4.78, 5) is 16.1. The first-order valence-electron chi connectivity index (χ1n) is 6.70. The molecular weight excluding hydrogens is 252 g/mol. The van der Waals surface area contributed by atoms with Gasteiger partial charge in [-0.1, -0.05) is 6.07 Å². The molecular formula is C15H20N4O. The number of nitrogens with two attached hydrogens (primary N) is 1. The Morgan fingerprint density at radius 3 is 2.90 bits per heavy atom. The molecule has 2 aromatic rings. The summed E-state index contributed by atoms with van der Waals surface area (Å²) >= 11 is 0. The standard InChI is InChI=1S/C15H20N4O/c1-11-13(16)5-3-6-14(11)18-15(20)7-4-9-19-10-8-17-12(19)2/h3,5-6,8,10H,4,7,9,16H2,1-2H3,(H,18,20). The Labute approximate surface area is 118 Å². The van der Waals surface area contributed by atoms with Crippen LogP contribution >= 0.6 is 0 Å². The van der Waals surface area contributed by atoms with Crippen LogP contribution in [0.3, 0.4) is 0 Å². The molecule has 5 nitrogen and oxygen atoms in total. The lowest BCUT2D eigenvalue weighted by Crippen LogP contribution is -2.13. The molecule has 0 radical (unpaired) electrons. The number of nitrogen functional groups attached to an aromatic ring is 1. The number of nitrogens with one attached hydrogen (secondary N) is 1. The molecule has 2 rings (SSSR count). The first-order chi connectivity index (χ1) is 9.58. The van der Waals surface area contributed by atoms with Crippen molar-refractivity contribution in [3.63, 3.8) is 0 Å². The highest BCUT2D eigenvalue weighted by Gasteiger charge is 2.06. The minimum atomic E-state index is 0.0106. The fourth-order valence-electron chi connectivity index (χ4n) is 2.05. The SMILES string of the molecule is Cc1c(N)cccc1NC(=O)CCCn1ccnc1C. The van der Waals surface area contributed by atoms with Crippen LogP contribution in [-0.2, 0) is 11.3 Å². The number of imidazole rings is 1. The molecule has 106 valence electrons. The van der Waals surface area contributed by atoms with Crippen molar-refractivity contribution in [2.75, 3.05) is 11.1 Å². The van der Waals surface area contributed by atoms with Crippen LogP contribution in [0.1, 0.15) is 24.2 Å². The average Bonchev–Trinajstić information content (AvgIpc) is 2.81. The Morgan fingerprint density at radius 2 is 2.20 bits per heavy atom. The maximum absolute atomic E-state index is 11.9. The number of benzene rings is 1. The zero-order valence-electron chi connectivity index (χ0n) is 11.9. The molecule has 0 atom stereocenters. The summed E-state index contributed by atoms with van der Waals surface area (Å²) in [6, 6.07) is 5.53. The zero-order chi connectivity index (χ0) is 14.5. The van der Waals surface area contributed by atoms with E-state index in [0.717, 1.165) is 30.0 Å². The minimum Gasteiger partial charge on any atom is -0.398 e. The predicted octanol–water partition coefficient (Wildman–Crippen LogP) is 2.50. The van der Waals surface area contributed by atoms with Crippen LogP contribution < -0.4 is 11.1 Å². The Kier molecular flexibility index (Phi) is 4.40. The van der Waals surface area contributed by atoms with Crippen molar-refractivity contribution in [2.45, 2.75) is 33.2 Å². The van der Waals surface area contributed by atoms with Gasteiger partial charge in [0.05, 0.1) is 0 Å². The second-order valence-electron chi connectivity index (χ2n) is 4.84. The predicted molar refractivity (Wildman–Crippen MR) is 80.4 cm³/mol. The molecule has 5 heteroatoms. The summed E-state index contributed by atoms with van der Waals surface area (Å²) < 4.78 is 2.04. The normalized spacial score (nSPS) is 10.5. The van der Waals surface area contributed by atoms with E-state index in [-0.39, 0.29) is 5.91 Å². The van der Waals surface area contributed by atoms with Gasteiger partial charge in [-0.15, -0.1) is 0 Å². The van der Waals surface area contributed by atoms with Crippen LogP contribution in [0.2, 0.25) is 0 Å². The van der Waals surface area contributed by atoms with Crippen molar-refractivity contribution >= 4 is 17.3 Å². The Hall–Kier alpha value is -2.30. The Bertz CT molecular complexity index is 604. The molecule has 1 amide bonds. The highest BCUT2D eigenvalue weighted by Crippen LogP contribution is 2.20. The van der Waals surface area contributed by atoms with Crippen molar-refractivity contribution in [2.24, 2.45) is 0 Å². The minimum absolute atomic E-state index is 0.0106. The third kappa shape index (κ3) is 3.38. The van der Waals surface area contributed by atoms with Crippen molar-refractivity contribution in [1.29, 1.82) is 0 Å². The summed E-state index contributed by atoms with van der Waals surface area (Å²) in [6.45, 7) is 4.66. The summed E-state index contributed by atoms with van der Waals surface area (Å²) in [5, 5.41) is 2.90. The van der Waals surface area contributed by atoms with Crippen molar-refractivity contribution in [3.8, 4) is 0 Å². The summed E-state index contributed by atoms with van der Waals surface area (Å²) in [6.07, 6.45) is 4.96. The van der Waals surface area contributed by atoms with Gasteiger partial charge < -0.3 is 15.6 Å². The Morgan fingerprint density at radius 1 is 1.40 bits per heavy atom. The quantitative estimate of drug-likeness (QED) is 0.821. The molecule has 1 aromatic carbocycles. The van der Waals surface area contributed by atoms with Crippen LogP contribution in [0.25, 0.3) is 0 Å². The lowest BCUT2D eigenvalue weighted by atomic mass is 10.1. The van der Waals surface area contributed by atoms with Crippen LogP contribution in [0, 0.1) is 13.8 Å². The third-order valence-corrected chi connectivity index (χ3v) is 3.38. The molecule has 1 aromatic heterocycles. The van der Waals surface area contributed by atoms with Crippen LogP contribution in [-0.4, -0.2) is 15.5 Å². The van der Waals surface area contributed by atoms with Gasteiger partial charge in [0.1, 0.15) is 5.82 Å². The van der Waals surface area contributed by atoms with E-state index in [2.05, 4.69) is 10.3 Å². The molecule has 20 heavy (non-hydrogen) atoms. The van der Waals surface area contributed by atoms with Gasteiger partial charge in [0.25, 0.3) is 0 Å². The number of carbonyl (C=O) groups is 1. The molecule has 0 unspecified atom stereocenters. The molecule has 3 N–H and O–H groups in total. The zero-order valence-corrected chi connectivity index (χ0v) is 11.9. The first kappa shape index (κ1) is 14.1. The molecule has 1 heterocycles. The lowest BCUT2D eigenvalue weighted by Gasteiger charge is -2.10. The molecule has 0 bridgehead atoms. The van der Waals surface area contributed by atoms with Crippen LogP contribution in [0.4, 0.5) is 11.4 Å². The van der Waals surface area contributed by atoms with Gasteiger partial charge in [0, 0.05) is 36.7 Å². The highest BCUT2D eigenvalue weighted by atomic mass is 16.1. The van der Waals surface area contributed by atoms with Crippen LogP contribution in [0.5, 0.6) is 0 Å². The number of aryl methyl sites for hydroxylation is 2. The number of amides is 1. The molecule has 0 saturated heterocycles. The van der Waals surface area contributed by atoms with Crippen molar-refractivity contribution < 1.29 is 4.79 Å². The van der Waals surface area contributed by atoms with Crippen molar-refractivity contribution in [3.05, 3.63) is 42.0 Å². The number of nitrogens with zero attached hydrogens (tertiary/aromatic N) is 2. The van der Waals surface area contributed by atoms with E-state index in [1.807, 2.05) is 42.8 Å². The lowest BCUT2D eigenvalue weighted by molar-refractivity contribution is -0.116. The Balaban J connectivity index is 1.84. The highest BCUT2D eigenvalue weighted by molar-refractivity contribution is 5.92. The van der Waals surface area contributed by atoms with Gasteiger partial charge in [0.2, 0.25) is 5.91 Å². The fraction of sp³-hybridized carbons (Fsp3) is 0.333. The average molecular weight is 272 g/mol. The van der Waals surface area contributed by atoms with E-state index in [9.17, 15) is 4.79 Å². The number of anilines is 2. The number of carbonyl (C=O) groups excluding carboxylic acids is 1. The molecule has 0 spiro atoms. The van der Waals surface area contributed by atoms with E-state index in [1.165, 1.54) is 0 Å². The number of aromatic nitrogens is 2. The first-order valence-corrected chi connectivity index (χ1v) is 6.70. The fourth-order valence-corrected chi connectivity index (χ4v) is 2.05. The van der Waals surface area contributed by atoms with Gasteiger partial charge >= 0.3 is 0 Å². The molecule has 0 aliphatic heterocycles.